The number of nitrogens with one attached hydrogen (secondary N) is 1. The number of thiophene rings is 1. The van der Waals surface area contributed by atoms with Gasteiger partial charge in [0.25, 0.3) is 0 Å². The van der Waals surface area contributed by atoms with Crippen LogP contribution in [0.5, 0.6) is 0 Å². The summed E-state index contributed by atoms with van der Waals surface area (Å²) >= 11 is 4.92. The van der Waals surface area contributed by atoms with Crippen molar-refractivity contribution in [1.82, 2.24) is 4.98 Å². The van der Waals surface area contributed by atoms with E-state index >= 15 is 0 Å². The van der Waals surface area contributed by atoms with E-state index in [0.717, 1.165) is 11.4 Å². The van der Waals surface area contributed by atoms with Gasteiger partial charge in [-0.1, -0.05) is 0 Å². The van der Waals surface area contributed by atoms with E-state index in [-0.39, 0.29) is 5.91 Å². The van der Waals surface area contributed by atoms with E-state index < -0.39 is 0 Å². The summed E-state index contributed by atoms with van der Waals surface area (Å²) in [6, 6.07) is 2.15. The quantitative estimate of drug-likeness (QED) is 0.900. The van der Waals surface area contributed by atoms with Crippen molar-refractivity contribution >= 4 is 45.5 Å². The maximum atomic E-state index is 11.6. The van der Waals surface area contributed by atoms with Crippen molar-refractivity contribution in [2.45, 2.75) is 20.3 Å². The summed E-state index contributed by atoms with van der Waals surface area (Å²) in [5, 5.41) is 5.53. The molecule has 2 heterocycles. The van der Waals surface area contributed by atoms with E-state index in [1.54, 1.807) is 23.1 Å². The van der Waals surface area contributed by atoms with Crippen molar-refractivity contribution < 1.29 is 4.79 Å². The lowest BCUT2D eigenvalue weighted by Gasteiger charge is -1.99. The van der Waals surface area contributed by atoms with Crippen LogP contribution in [-0.2, 0) is 4.79 Å². The summed E-state index contributed by atoms with van der Waals surface area (Å²) in [5.74, 6) is 0.876. The molecule has 0 radical (unpaired) electrons. The van der Waals surface area contributed by atoms with Gasteiger partial charge >= 0.3 is 0 Å². The molecule has 1 N–H and O–H groups in total. The molecule has 0 aromatic carbocycles. The number of rotatable bonds is 5. The molecule has 2 rings (SSSR count). The minimum atomic E-state index is 0.0356. The minimum absolute atomic E-state index is 0.0356. The Balaban J connectivity index is 2.07. The fourth-order valence-corrected chi connectivity index (χ4v) is 3.77. The lowest BCUT2D eigenvalue weighted by Crippen LogP contribution is -2.11. The molecule has 0 saturated heterocycles. The van der Waals surface area contributed by atoms with Crippen molar-refractivity contribution in [2.24, 2.45) is 0 Å². The van der Waals surface area contributed by atoms with Crippen molar-refractivity contribution in [1.29, 1.82) is 0 Å². The molecular weight excluding hydrogens is 296 g/mol. The summed E-state index contributed by atoms with van der Waals surface area (Å²) < 4.78 is 0. The molecule has 0 bridgehead atoms. The number of nitrogens with zero attached hydrogens (tertiary/aromatic N) is 1. The average molecular weight is 312 g/mol. The Morgan fingerprint density at radius 3 is 2.89 bits per heavy atom. The lowest BCUT2D eigenvalue weighted by atomic mass is 10.2. The van der Waals surface area contributed by atoms with Gasteiger partial charge in [0.2, 0.25) is 5.91 Å². The summed E-state index contributed by atoms with van der Waals surface area (Å²) in [4.78, 5) is 18.7. The molecule has 2 aromatic heterocycles. The van der Waals surface area contributed by atoms with Gasteiger partial charge in [-0.15, -0.1) is 22.7 Å². The molecule has 0 aliphatic rings. The number of anilines is 1. The molecule has 0 aliphatic heterocycles. The standard InChI is InChI=1S/C13H16N2OS3/c1-8-6-10(9(2)19-8)11-7-18-13(14-11)15-12(16)4-5-17-3/h6-7H,4-5H2,1-3H3,(H,14,15,16). The Morgan fingerprint density at radius 1 is 1.47 bits per heavy atom. The van der Waals surface area contributed by atoms with Gasteiger partial charge < -0.3 is 5.32 Å². The van der Waals surface area contributed by atoms with Gasteiger partial charge in [0.1, 0.15) is 0 Å². The Hall–Kier alpha value is -0.850. The van der Waals surface area contributed by atoms with E-state index in [0.29, 0.717) is 11.6 Å². The monoisotopic (exact) mass is 312 g/mol. The van der Waals surface area contributed by atoms with Crippen molar-refractivity contribution in [2.75, 3.05) is 17.3 Å². The predicted octanol–water partition coefficient (Wildman–Crippen LogP) is 4.18. The fourth-order valence-electron chi connectivity index (χ4n) is 1.72. The zero-order valence-corrected chi connectivity index (χ0v) is 13.6. The van der Waals surface area contributed by atoms with E-state index in [1.807, 2.05) is 11.6 Å². The summed E-state index contributed by atoms with van der Waals surface area (Å²) in [6.45, 7) is 4.20. The SMILES string of the molecule is CSCCC(=O)Nc1nc(-c2cc(C)sc2C)cs1. The molecule has 0 aliphatic carbocycles. The van der Waals surface area contributed by atoms with E-state index in [2.05, 4.69) is 30.2 Å². The molecule has 6 heteroatoms. The zero-order chi connectivity index (χ0) is 13.8. The minimum Gasteiger partial charge on any atom is -0.302 e. The summed E-state index contributed by atoms with van der Waals surface area (Å²) in [7, 11) is 0. The molecule has 19 heavy (non-hydrogen) atoms. The highest BCUT2D eigenvalue weighted by Gasteiger charge is 2.11. The largest absolute Gasteiger partial charge is 0.302 e. The van der Waals surface area contributed by atoms with Crippen molar-refractivity contribution in [3.63, 3.8) is 0 Å². The second-order valence-electron chi connectivity index (χ2n) is 4.16. The number of hydrogen-bond donors (Lipinski definition) is 1. The zero-order valence-electron chi connectivity index (χ0n) is 11.1. The number of aromatic nitrogens is 1. The third-order valence-corrected chi connectivity index (χ3v) is 4.94. The first-order valence-corrected chi connectivity index (χ1v) is 9.01. The van der Waals surface area contributed by atoms with Crippen LogP contribution in [0.1, 0.15) is 16.2 Å². The van der Waals surface area contributed by atoms with Gasteiger partial charge in [0, 0.05) is 32.9 Å². The van der Waals surface area contributed by atoms with Crippen molar-refractivity contribution in [3.8, 4) is 11.3 Å². The molecular formula is C13H16N2OS3. The van der Waals surface area contributed by atoms with Gasteiger partial charge in [0.15, 0.2) is 5.13 Å². The number of thiazole rings is 1. The van der Waals surface area contributed by atoms with Crippen LogP contribution in [0.15, 0.2) is 11.4 Å². The normalized spacial score (nSPS) is 10.7. The number of amides is 1. The van der Waals surface area contributed by atoms with Crippen molar-refractivity contribution in [3.05, 3.63) is 21.2 Å². The maximum absolute atomic E-state index is 11.6. The Morgan fingerprint density at radius 2 is 2.26 bits per heavy atom. The van der Waals surface area contributed by atoms with Crippen LogP contribution in [0.3, 0.4) is 0 Å². The summed E-state index contributed by atoms with van der Waals surface area (Å²) in [5.41, 5.74) is 2.12. The molecule has 0 fully saturated rings. The fraction of sp³-hybridized carbons (Fsp3) is 0.385. The lowest BCUT2D eigenvalue weighted by molar-refractivity contribution is -0.115. The summed E-state index contributed by atoms with van der Waals surface area (Å²) in [6.07, 6.45) is 2.53. The molecule has 0 atom stereocenters. The molecule has 1 amide bonds. The molecule has 102 valence electrons. The third kappa shape index (κ3) is 3.81. The van der Waals surface area contributed by atoms with Crippen LogP contribution >= 0.6 is 34.4 Å². The van der Waals surface area contributed by atoms with Crippen LogP contribution in [0.25, 0.3) is 11.3 Å². The van der Waals surface area contributed by atoms with Crippen LogP contribution in [0.2, 0.25) is 0 Å². The Kier molecular flexibility index (Phi) is 5.01. The van der Waals surface area contributed by atoms with Crippen LogP contribution in [0, 0.1) is 13.8 Å². The highest BCUT2D eigenvalue weighted by Crippen LogP contribution is 2.32. The Bertz CT molecular complexity index is 574. The first-order valence-electron chi connectivity index (χ1n) is 5.92. The topological polar surface area (TPSA) is 42.0 Å². The van der Waals surface area contributed by atoms with E-state index in [1.165, 1.54) is 26.7 Å². The van der Waals surface area contributed by atoms with Crippen LogP contribution in [-0.4, -0.2) is 22.9 Å². The third-order valence-electron chi connectivity index (χ3n) is 2.60. The van der Waals surface area contributed by atoms with Gasteiger partial charge in [-0.05, 0) is 26.2 Å². The predicted molar refractivity (Wildman–Crippen MR) is 86.5 cm³/mol. The molecule has 0 spiro atoms. The number of carbonyl (C=O) groups is 1. The average Bonchev–Trinajstić information content (AvgIpc) is 2.93. The van der Waals surface area contributed by atoms with E-state index in [9.17, 15) is 4.79 Å². The van der Waals surface area contributed by atoms with E-state index in [4.69, 9.17) is 0 Å². The second kappa shape index (κ2) is 6.54. The Labute approximate surface area is 125 Å². The van der Waals surface area contributed by atoms with Gasteiger partial charge in [-0.3, -0.25) is 4.79 Å². The first-order chi connectivity index (χ1) is 9.10. The number of aryl methyl sites for hydroxylation is 2. The van der Waals surface area contributed by atoms with Gasteiger partial charge in [-0.2, -0.15) is 11.8 Å². The smallest absolute Gasteiger partial charge is 0.226 e. The molecule has 2 aromatic rings. The molecule has 3 nitrogen and oxygen atoms in total. The van der Waals surface area contributed by atoms with Crippen LogP contribution < -0.4 is 5.32 Å². The molecule has 0 unspecified atom stereocenters. The maximum Gasteiger partial charge on any atom is 0.226 e. The molecule has 0 saturated carbocycles. The number of hydrogen-bond acceptors (Lipinski definition) is 5. The number of thioether (sulfide) groups is 1. The number of carbonyl (C=O) groups excluding carboxylic acids is 1. The first kappa shape index (κ1) is 14.6. The highest BCUT2D eigenvalue weighted by atomic mass is 32.2. The highest BCUT2D eigenvalue weighted by molar-refractivity contribution is 7.98. The van der Waals surface area contributed by atoms with Gasteiger partial charge in [-0.25, -0.2) is 4.98 Å². The second-order valence-corrected chi connectivity index (χ2v) is 7.46. The van der Waals surface area contributed by atoms with Crippen LogP contribution in [0.4, 0.5) is 5.13 Å². The van der Waals surface area contributed by atoms with Gasteiger partial charge in [0.05, 0.1) is 5.69 Å².